The van der Waals surface area contributed by atoms with Gasteiger partial charge in [0.2, 0.25) is 11.4 Å². The number of aromatic nitrogens is 5. The van der Waals surface area contributed by atoms with Gasteiger partial charge in [0, 0.05) is 42.2 Å². The summed E-state index contributed by atoms with van der Waals surface area (Å²) in [7, 11) is 0. The molecular weight excluding hydrogens is 580 g/mol. The number of benzene rings is 3. The van der Waals surface area contributed by atoms with Gasteiger partial charge >= 0.3 is 0 Å². The highest BCUT2D eigenvalue weighted by Gasteiger charge is 2.16. The zero-order valence-corrected chi connectivity index (χ0v) is 26.0. The lowest BCUT2D eigenvalue weighted by molar-refractivity contribution is 0.0953. The average Bonchev–Trinajstić information content (AvgIpc) is 3.50. The number of carbonyl (C=O) groups excluding carboxylic acids is 1. The van der Waals surface area contributed by atoms with E-state index in [2.05, 4.69) is 51.9 Å². The van der Waals surface area contributed by atoms with Crippen LogP contribution in [0.15, 0.2) is 83.9 Å². The van der Waals surface area contributed by atoms with E-state index in [-0.39, 0.29) is 17.7 Å². The number of fused-ring (bicyclic) bond motifs is 2. The summed E-state index contributed by atoms with van der Waals surface area (Å²) in [5.41, 5.74) is 5.03. The van der Waals surface area contributed by atoms with Crippen molar-refractivity contribution in [1.29, 1.82) is 0 Å². The number of aromatic hydroxyl groups is 1. The van der Waals surface area contributed by atoms with E-state index < -0.39 is 5.43 Å². The van der Waals surface area contributed by atoms with Gasteiger partial charge in [0.15, 0.2) is 22.7 Å². The third-order valence-corrected chi connectivity index (χ3v) is 7.78. The maximum absolute atomic E-state index is 13.0. The first-order valence-corrected chi connectivity index (χ1v) is 15.3. The average molecular weight is 617 g/mol. The standard InChI is InChI=1S/C35H36N8O3/c1-21(2)43-20-39-29-32(38-19-23-8-5-4-6-9-23)41-35(42-33(29)43)37-17-7-16-36-34(46)25-14-15-26-27(18-25)40-28(31(45)30(26)44)24-12-10-22(3)11-13-24/h4-6,8-15,18,20-21,45H,7,16-17,19H2,1-3H3,(H,36,46)(H,40,44)(H2,37,38,41,42). The van der Waals surface area contributed by atoms with E-state index in [1.54, 1.807) is 24.5 Å². The zero-order chi connectivity index (χ0) is 32.2. The van der Waals surface area contributed by atoms with Crippen LogP contribution in [0.4, 0.5) is 11.8 Å². The smallest absolute Gasteiger partial charge is 0.251 e. The molecule has 3 heterocycles. The molecule has 5 N–H and O–H groups in total. The number of nitrogens with one attached hydrogen (secondary N) is 4. The summed E-state index contributed by atoms with van der Waals surface area (Å²) < 4.78 is 2.01. The lowest BCUT2D eigenvalue weighted by Gasteiger charge is -2.12. The molecule has 0 radical (unpaired) electrons. The van der Waals surface area contributed by atoms with Crippen LogP contribution in [0.3, 0.4) is 0 Å². The normalized spacial score (nSPS) is 11.3. The molecule has 0 saturated heterocycles. The van der Waals surface area contributed by atoms with Crippen molar-refractivity contribution in [3.8, 4) is 17.0 Å². The number of aryl methyl sites for hydroxylation is 1. The molecule has 0 bridgehead atoms. The number of H-pyrrole nitrogens is 1. The molecule has 0 aliphatic rings. The molecule has 11 heteroatoms. The molecule has 0 unspecified atom stereocenters. The molecule has 0 aliphatic carbocycles. The summed E-state index contributed by atoms with van der Waals surface area (Å²) in [6, 6.07) is 22.5. The Labute approximate surface area is 265 Å². The number of aromatic amines is 1. The number of carbonyl (C=O) groups is 1. The predicted octanol–water partition coefficient (Wildman–Crippen LogP) is 5.77. The highest BCUT2D eigenvalue weighted by atomic mass is 16.3. The van der Waals surface area contributed by atoms with Gasteiger partial charge in [0.1, 0.15) is 0 Å². The Balaban J connectivity index is 1.10. The summed E-state index contributed by atoms with van der Waals surface area (Å²) in [5, 5.41) is 20.5. The molecular formula is C35H36N8O3. The number of amides is 1. The van der Waals surface area contributed by atoms with E-state index in [0.29, 0.717) is 71.1 Å². The van der Waals surface area contributed by atoms with Gasteiger partial charge in [-0.05, 0) is 51.0 Å². The van der Waals surface area contributed by atoms with Crippen molar-refractivity contribution in [1.82, 2.24) is 29.8 Å². The van der Waals surface area contributed by atoms with Crippen molar-refractivity contribution in [2.45, 2.75) is 39.8 Å². The Kier molecular flexibility index (Phi) is 8.64. The summed E-state index contributed by atoms with van der Waals surface area (Å²) in [4.78, 5) is 43.0. The number of pyridine rings is 1. The number of nitrogens with zero attached hydrogens (tertiary/aromatic N) is 4. The van der Waals surface area contributed by atoms with Crippen molar-refractivity contribution in [3.05, 3.63) is 106 Å². The SMILES string of the molecule is Cc1ccc(-c2[nH]c3cc(C(=O)NCCCNc4nc(NCc5ccccc5)c5ncn(C(C)C)c5n4)ccc3c(=O)c2O)cc1. The molecule has 1 amide bonds. The highest BCUT2D eigenvalue weighted by molar-refractivity contribution is 5.98. The molecule has 46 heavy (non-hydrogen) atoms. The lowest BCUT2D eigenvalue weighted by atomic mass is 10.0. The minimum atomic E-state index is -0.488. The lowest BCUT2D eigenvalue weighted by Crippen LogP contribution is -2.26. The second-order valence-corrected chi connectivity index (χ2v) is 11.5. The van der Waals surface area contributed by atoms with Crippen LogP contribution in [0, 0.1) is 6.92 Å². The van der Waals surface area contributed by atoms with Gasteiger partial charge in [-0.25, -0.2) is 4.98 Å². The maximum Gasteiger partial charge on any atom is 0.251 e. The van der Waals surface area contributed by atoms with E-state index in [4.69, 9.17) is 9.97 Å². The number of imidazole rings is 1. The summed E-state index contributed by atoms with van der Waals surface area (Å²) in [5.74, 6) is 0.510. The van der Waals surface area contributed by atoms with Crippen LogP contribution in [-0.2, 0) is 6.54 Å². The van der Waals surface area contributed by atoms with Crippen LogP contribution in [0.1, 0.15) is 47.8 Å². The van der Waals surface area contributed by atoms with Crippen LogP contribution in [0.2, 0.25) is 0 Å². The van der Waals surface area contributed by atoms with Crippen molar-refractivity contribution in [2.75, 3.05) is 23.7 Å². The fraction of sp³-hybridized carbons (Fsp3) is 0.229. The van der Waals surface area contributed by atoms with E-state index >= 15 is 0 Å². The van der Waals surface area contributed by atoms with E-state index in [9.17, 15) is 14.7 Å². The van der Waals surface area contributed by atoms with Gasteiger partial charge in [-0.15, -0.1) is 0 Å². The van der Waals surface area contributed by atoms with Gasteiger partial charge < -0.3 is 30.6 Å². The van der Waals surface area contributed by atoms with Gasteiger partial charge in [-0.3, -0.25) is 9.59 Å². The molecule has 11 nitrogen and oxygen atoms in total. The van der Waals surface area contributed by atoms with Crippen LogP contribution in [0.5, 0.6) is 5.75 Å². The molecule has 0 fully saturated rings. The van der Waals surface area contributed by atoms with E-state index in [1.165, 1.54) is 0 Å². The first kappa shape index (κ1) is 30.3. The van der Waals surface area contributed by atoms with Crippen LogP contribution < -0.4 is 21.4 Å². The van der Waals surface area contributed by atoms with Gasteiger partial charge in [0.25, 0.3) is 5.91 Å². The van der Waals surface area contributed by atoms with Gasteiger partial charge in [-0.2, -0.15) is 9.97 Å². The Hall–Kier alpha value is -5.71. The van der Waals surface area contributed by atoms with Gasteiger partial charge in [-0.1, -0.05) is 60.2 Å². The molecule has 0 spiro atoms. The Morgan fingerprint density at radius 2 is 1.76 bits per heavy atom. The molecule has 3 aromatic carbocycles. The Morgan fingerprint density at radius 1 is 0.978 bits per heavy atom. The summed E-state index contributed by atoms with van der Waals surface area (Å²) in [6.07, 6.45) is 2.41. The fourth-order valence-electron chi connectivity index (χ4n) is 5.22. The molecule has 3 aromatic heterocycles. The number of anilines is 2. The van der Waals surface area contributed by atoms with Crippen LogP contribution in [-0.4, -0.2) is 48.6 Å². The van der Waals surface area contributed by atoms with E-state index in [1.807, 2.05) is 54.0 Å². The number of hydrogen-bond acceptors (Lipinski definition) is 8. The topological polar surface area (TPSA) is 150 Å². The molecule has 0 atom stereocenters. The number of hydrogen-bond donors (Lipinski definition) is 5. The van der Waals surface area contributed by atoms with Crippen molar-refractivity contribution in [3.63, 3.8) is 0 Å². The number of rotatable bonds is 11. The van der Waals surface area contributed by atoms with Crippen molar-refractivity contribution < 1.29 is 9.90 Å². The molecule has 0 aliphatic heterocycles. The van der Waals surface area contributed by atoms with Gasteiger partial charge in [0.05, 0.1) is 17.5 Å². The molecule has 0 saturated carbocycles. The van der Waals surface area contributed by atoms with E-state index in [0.717, 1.165) is 16.8 Å². The van der Waals surface area contributed by atoms with Crippen molar-refractivity contribution in [2.24, 2.45) is 0 Å². The maximum atomic E-state index is 13.0. The van der Waals surface area contributed by atoms with Crippen molar-refractivity contribution >= 4 is 39.7 Å². The fourth-order valence-corrected chi connectivity index (χ4v) is 5.22. The first-order chi connectivity index (χ1) is 22.3. The third kappa shape index (κ3) is 6.39. The molecule has 6 aromatic rings. The first-order valence-electron chi connectivity index (χ1n) is 15.3. The summed E-state index contributed by atoms with van der Waals surface area (Å²) in [6.45, 7) is 7.67. The highest BCUT2D eigenvalue weighted by Crippen LogP contribution is 2.28. The monoisotopic (exact) mass is 616 g/mol. The molecule has 234 valence electrons. The van der Waals surface area contributed by atoms with Crippen LogP contribution in [0.25, 0.3) is 33.3 Å². The molecule has 6 rings (SSSR count). The summed E-state index contributed by atoms with van der Waals surface area (Å²) >= 11 is 0. The second kappa shape index (κ2) is 13.1. The Morgan fingerprint density at radius 3 is 2.52 bits per heavy atom. The minimum Gasteiger partial charge on any atom is -0.503 e. The minimum absolute atomic E-state index is 0.178. The second-order valence-electron chi connectivity index (χ2n) is 11.5. The third-order valence-electron chi connectivity index (χ3n) is 7.78. The quantitative estimate of drug-likeness (QED) is 0.115. The zero-order valence-electron chi connectivity index (χ0n) is 26.0. The predicted molar refractivity (Wildman–Crippen MR) is 181 cm³/mol. The van der Waals surface area contributed by atoms with Crippen LogP contribution >= 0.6 is 0 Å². The largest absolute Gasteiger partial charge is 0.503 e. The Bertz CT molecular complexity index is 2070.